The highest BCUT2D eigenvalue weighted by molar-refractivity contribution is 5.81. The molecule has 0 spiro atoms. The first-order valence-electron chi connectivity index (χ1n) is 6.86. The molecule has 96 valence electrons. The van der Waals surface area contributed by atoms with Crippen LogP contribution in [-0.4, -0.2) is 22.9 Å². The average Bonchev–Trinajstić information content (AvgIpc) is 3.15. The summed E-state index contributed by atoms with van der Waals surface area (Å²) >= 11 is 0. The smallest absolute Gasteiger partial charge is 0.0718 e. The number of hydrogen-bond acceptors (Lipinski definition) is 2. The van der Waals surface area contributed by atoms with Crippen molar-refractivity contribution in [1.82, 2.24) is 15.1 Å². The van der Waals surface area contributed by atoms with Crippen molar-refractivity contribution in [3.05, 3.63) is 30.0 Å². The molecule has 1 atom stereocenters. The van der Waals surface area contributed by atoms with Crippen LogP contribution in [0.3, 0.4) is 0 Å². The molecule has 1 heterocycles. The summed E-state index contributed by atoms with van der Waals surface area (Å²) in [7, 11) is 4.10. The average molecular weight is 243 g/mol. The maximum absolute atomic E-state index is 4.68. The first-order valence-corrected chi connectivity index (χ1v) is 6.86. The molecule has 0 saturated heterocycles. The number of rotatable bonds is 5. The number of hydrogen-bond donors (Lipinski definition) is 1. The van der Waals surface area contributed by atoms with Crippen molar-refractivity contribution in [1.29, 1.82) is 0 Å². The molecule has 1 fully saturated rings. The van der Waals surface area contributed by atoms with Gasteiger partial charge in [0.05, 0.1) is 11.2 Å². The van der Waals surface area contributed by atoms with Crippen molar-refractivity contribution < 1.29 is 0 Å². The summed E-state index contributed by atoms with van der Waals surface area (Å²) in [5.41, 5.74) is 2.46. The van der Waals surface area contributed by atoms with Crippen LogP contribution in [0.4, 0.5) is 0 Å². The summed E-state index contributed by atoms with van der Waals surface area (Å²) in [6, 6.07) is 9.06. The number of nitrogens with zero attached hydrogens (tertiary/aromatic N) is 2. The Balaban J connectivity index is 1.84. The molecular weight excluding hydrogens is 222 g/mol. The molecule has 1 aliphatic rings. The molecule has 2 aromatic rings. The highest BCUT2D eigenvalue weighted by Gasteiger charge is 2.25. The number of benzene rings is 1. The summed E-state index contributed by atoms with van der Waals surface area (Å²) in [5.74, 6) is 0.956. The molecule has 0 radical (unpaired) electrons. The molecule has 3 nitrogen and oxygen atoms in total. The Morgan fingerprint density at radius 3 is 2.89 bits per heavy atom. The monoisotopic (exact) mass is 243 g/mol. The predicted octanol–water partition coefficient (Wildman–Crippen LogP) is 2.50. The number of likely N-dealkylation sites (N-methyl/N-ethyl adjacent to an activating group) is 1. The van der Waals surface area contributed by atoms with E-state index < -0.39 is 0 Å². The Morgan fingerprint density at radius 2 is 2.17 bits per heavy atom. The van der Waals surface area contributed by atoms with Gasteiger partial charge in [0.15, 0.2) is 0 Å². The minimum absolute atomic E-state index is 0.566. The molecular formula is C15H21N3. The van der Waals surface area contributed by atoms with Gasteiger partial charge in [0.1, 0.15) is 0 Å². The van der Waals surface area contributed by atoms with Gasteiger partial charge in [0.2, 0.25) is 0 Å². The molecule has 1 aromatic carbocycles. The fraction of sp³-hybridized carbons (Fsp3) is 0.533. The molecule has 1 N–H and O–H groups in total. The van der Waals surface area contributed by atoms with Crippen molar-refractivity contribution in [2.24, 2.45) is 13.0 Å². The molecule has 1 aromatic heterocycles. The zero-order valence-corrected chi connectivity index (χ0v) is 11.2. The van der Waals surface area contributed by atoms with E-state index in [2.05, 4.69) is 41.7 Å². The van der Waals surface area contributed by atoms with E-state index in [1.165, 1.54) is 35.9 Å². The summed E-state index contributed by atoms with van der Waals surface area (Å²) in [6.45, 7) is 0. The second-order valence-electron chi connectivity index (χ2n) is 5.46. The van der Waals surface area contributed by atoms with Gasteiger partial charge in [0, 0.05) is 24.9 Å². The largest absolute Gasteiger partial charge is 0.317 e. The van der Waals surface area contributed by atoms with E-state index >= 15 is 0 Å². The number of fused-ring (bicyclic) bond motifs is 1. The molecule has 0 aliphatic heterocycles. The first-order chi connectivity index (χ1) is 8.78. The predicted molar refractivity (Wildman–Crippen MR) is 74.6 cm³/mol. The van der Waals surface area contributed by atoms with Gasteiger partial charge >= 0.3 is 0 Å². The second-order valence-corrected chi connectivity index (χ2v) is 5.46. The van der Waals surface area contributed by atoms with Crippen LogP contribution in [0.25, 0.3) is 10.9 Å². The Bertz CT molecular complexity index is 540. The van der Waals surface area contributed by atoms with Crippen LogP contribution in [0.5, 0.6) is 0 Å². The summed E-state index contributed by atoms with van der Waals surface area (Å²) in [4.78, 5) is 0. The van der Waals surface area contributed by atoms with Crippen molar-refractivity contribution in [2.45, 2.75) is 31.7 Å². The zero-order valence-electron chi connectivity index (χ0n) is 11.2. The molecule has 1 aliphatic carbocycles. The van der Waals surface area contributed by atoms with Gasteiger partial charge in [-0.25, -0.2) is 0 Å². The minimum atomic E-state index is 0.566. The topological polar surface area (TPSA) is 29.9 Å². The van der Waals surface area contributed by atoms with Crippen molar-refractivity contribution >= 4 is 10.9 Å². The van der Waals surface area contributed by atoms with Crippen LogP contribution >= 0.6 is 0 Å². The molecule has 3 heteroatoms. The number of nitrogens with one attached hydrogen (secondary N) is 1. The lowest BCUT2D eigenvalue weighted by molar-refractivity contribution is 0.485. The maximum atomic E-state index is 4.68. The summed E-state index contributed by atoms with van der Waals surface area (Å²) in [6.07, 6.45) is 5.16. The maximum Gasteiger partial charge on any atom is 0.0718 e. The van der Waals surface area contributed by atoms with Gasteiger partial charge in [-0.05, 0) is 25.5 Å². The number of aromatic nitrogens is 2. The van der Waals surface area contributed by atoms with Gasteiger partial charge in [0.25, 0.3) is 0 Å². The second kappa shape index (κ2) is 4.73. The highest BCUT2D eigenvalue weighted by Crippen LogP contribution is 2.34. The van der Waals surface area contributed by atoms with Gasteiger partial charge < -0.3 is 5.32 Å². The standard InChI is InChI=1S/C15H21N3/c1-16-12(9-11-7-8-11)10-14-13-5-3-4-6-15(13)18(2)17-14/h3-6,11-12,16H,7-10H2,1-2H3. The van der Waals surface area contributed by atoms with Gasteiger partial charge in [-0.1, -0.05) is 31.0 Å². The van der Waals surface area contributed by atoms with E-state index in [1.54, 1.807) is 0 Å². The van der Waals surface area contributed by atoms with E-state index in [0.29, 0.717) is 6.04 Å². The van der Waals surface area contributed by atoms with Crippen molar-refractivity contribution in [3.8, 4) is 0 Å². The van der Waals surface area contributed by atoms with E-state index in [4.69, 9.17) is 0 Å². The molecule has 1 saturated carbocycles. The number of para-hydroxylation sites is 1. The molecule has 0 bridgehead atoms. The number of aryl methyl sites for hydroxylation is 1. The van der Waals surface area contributed by atoms with Crippen LogP contribution < -0.4 is 5.32 Å². The third kappa shape index (κ3) is 2.27. The highest BCUT2D eigenvalue weighted by atomic mass is 15.3. The first kappa shape index (κ1) is 11.7. The zero-order chi connectivity index (χ0) is 12.5. The van der Waals surface area contributed by atoms with Crippen molar-refractivity contribution in [3.63, 3.8) is 0 Å². The normalized spacial score (nSPS) is 17.2. The lowest BCUT2D eigenvalue weighted by atomic mass is 10.0. The SMILES string of the molecule is CNC(Cc1nn(C)c2ccccc12)CC1CC1. The third-order valence-electron chi connectivity index (χ3n) is 4.00. The minimum Gasteiger partial charge on any atom is -0.317 e. The molecule has 1 unspecified atom stereocenters. The molecule has 18 heavy (non-hydrogen) atoms. The Kier molecular flexibility index (Phi) is 3.08. The molecule has 3 rings (SSSR count). The summed E-state index contributed by atoms with van der Waals surface area (Å²) in [5, 5.41) is 9.43. The lowest BCUT2D eigenvalue weighted by Crippen LogP contribution is -2.28. The van der Waals surface area contributed by atoms with E-state index in [0.717, 1.165) is 12.3 Å². The van der Waals surface area contributed by atoms with E-state index in [-0.39, 0.29) is 0 Å². The summed E-state index contributed by atoms with van der Waals surface area (Å²) < 4.78 is 1.99. The quantitative estimate of drug-likeness (QED) is 0.874. The Hall–Kier alpha value is -1.35. The van der Waals surface area contributed by atoms with Gasteiger partial charge in [-0.2, -0.15) is 5.10 Å². The van der Waals surface area contributed by atoms with E-state index in [1.807, 2.05) is 11.7 Å². The third-order valence-corrected chi connectivity index (χ3v) is 4.00. The fourth-order valence-corrected chi connectivity index (χ4v) is 2.73. The molecule has 0 amide bonds. The van der Waals surface area contributed by atoms with Crippen molar-refractivity contribution in [2.75, 3.05) is 7.05 Å². The Morgan fingerprint density at radius 1 is 1.39 bits per heavy atom. The van der Waals surface area contributed by atoms with Crippen LogP contribution in [0.15, 0.2) is 24.3 Å². The van der Waals surface area contributed by atoms with Crippen LogP contribution in [0, 0.1) is 5.92 Å². The van der Waals surface area contributed by atoms with Gasteiger partial charge in [-0.3, -0.25) is 4.68 Å². The lowest BCUT2D eigenvalue weighted by Gasteiger charge is -2.14. The Labute approximate surface area is 108 Å². The van der Waals surface area contributed by atoms with Crippen LogP contribution in [0.2, 0.25) is 0 Å². The van der Waals surface area contributed by atoms with Crippen LogP contribution in [0.1, 0.15) is 25.0 Å². The fourth-order valence-electron chi connectivity index (χ4n) is 2.73. The van der Waals surface area contributed by atoms with Crippen LogP contribution in [-0.2, 0) is 13.5 Å². The van der Waals surface area contributed by atoms with Gasteiger partial charge in [-0.15, -0.1) is 0 Å². The van der Waals surface area contributed by atoms with E-state index in [9.17, 15) is 0 Å².